The van der Waals surface area contributed by atoms with Crippen LogP contribution in [0.2, 0.25) is 0 Å². The van der Waals surface area contributed by atoms with Gasteiger partial charge in [-0.3, -0.25) is 19.9 Å². The summed E-state index contributed by atoms with van der Waals surface area (Å²) in [7, 11) is 0. The third-order valence-electron chi connectivity index (χ3n) is 9.86. The summed E-state index contributed by atoms with van der Waals surface area (Å²) in [6.45, 7) is 0. The lowest BCUT2D eigenvalue weighted by Crippen LogP contribution is -2.01. The van der Waals surface area contributed by atoms with Crippen molar-refractivity contribution < 1.29 is 0 Å². The number of benzene rings is 5. The highest BCUT2D eigenvalue weighted by Crippen LogP contribution is 2.34. The Labute approximate surface area is 323 Å². The average Bonchev–Trinajstić information content (AvgIpc) is 3.29. The van der Waals surface area contributed by atoms with Gasteiger partial charge in [0, 0.05) is 74.5 Å². The summed E-state index contributed by atoms with van der Waals surface area (Å²) in [4.78, 5) is 34.6. The molecule has 10 rings (SSSR count). The molecule has 0 aliphatic carbocycles. The van der Waals surface area contributed by atoms with E-state index in [-0.39, 0.29) is 0 Å². The molecule has 7 heteroatoms. The van der Waals surface area contributed by atoms with Gasteiger partial charge in [0.05, 0.1) is 22.8 Å². The van der Waals surface area contributed by atoms with Gasteiger partial charge in [-0.2, -0.15) is 0 Å². The van der Waals surface area contributed by atoms with Gasteiger partial charge in [0.1, 0.15) is 0 Å². The topological polar surface area (TPSA) is 90.2 Å². The second-order valence-corrected chi connectivity index (χ2v) is 13.5. The highest BCUT2D eigenvalue weighted by atomic mass is 15.0. The predicted molar refractivity (Wildman–Crippen MR) is 224 cm³/mol. The van der Waals surface area contributed by atoms with E-state index in [1.807, 2.05) is 134 Å². The number of nitrogens with zero attached hydrogens (tertiary/aromatic N) is 7. The SMILES string of the molecule is c1ccc(-c2ccc(-c3nc(-c4ccc(-c5ccccc5)nc4)nc(-c4cc(-c5cc6ccccc6cn5)cc(-c5cc6ccccc6cn5)c4)n3)cn2)cc1. The maximum atomic E-state index is 5.11. The summed E-state index contributed by atoms with van der Waals surface area (Å²) >= 11 is 0. The zero-order valence-corrected chi connectivity index (χ0v) is 30.0. The van der Waals surface area contributed by atoms with Gasteiger partial charge < -0.3 is 0 Å². The van der Waals surface area contributed by atoms with Crippen LogP contribution in [0.15, 0.2) is 189 Å². The Morgan fingerprint density at radius 3 is 1.04 bits per heavy atom. The van der Waals surface area contributed by atoms with Gasteiger partial charge in [0.25, 0.3) is 0 Å². The summed E-state index contributed by atoms with van der Waals surface area (Å²) in [5.74, 6) is 1.52. The molecule has 0 amide bonds. The van der Waals surface area contributed by atoms with E-state index in [0.29, 0.717) is 17.5 Å². The molecule has 0 saturated heterocycles. The molecule has 262 valence electrons. The molecule has 0 unspecified atom stereocenters. The third kappa shape index (κ3) is 6.54. The molecule has 0 N–H and O–H groups in total. The van der Waals surface area contributed by atoms with E-state index in [0.717, 1.165) is 83.3 Å². The Morgan fingerprint density at radius 2 is 0.607 bits per heavy atom. The fourth-order valence-electron chi connectivity index (χ4n) is 6.91. The van der Waals surface area contributed by atoms with E-state index < -0.39 is 0 Å². The van der Waals surface area contributed by atoms with Crippen LogP contribution >= 0.6 is 0 Å². The van der Waals surface area contributed by atoms with Crippen molar-refractivity contribution in [3.8, 4) is 79.2 Å². The summed E-state index contributed by atoms with van der Waals surface area (Å²) in [6, 6.07) is 55.3. The van der Waals surface area contributed by atoms with E-state index in [1.165, 1.54) is 0 Å². The minimum Gasteiger partial charge on any atom is -0.256 e. The first kappa shape index (κ1) is 32.8. The molecule has 0 saturated carbocycles. The fourth-order valence-corrected chi connectivity index (χ4v) is 6.91. The number of hydrogen-bond donors (Lipinski definition) is 0. The van der Waals surface area contributed by atoms with Crippen molar-refractivity contribution >= 4 is 21.5 Å². The monoisotopic (exact) mass is 717 g/mol. The molecule has 0 aliphatic rings. The van der Waals surface area contributed by atoms with Gasteiger partial charge in [0.15, 0.2) is 17.5 Å². The summed E-state index contributed by atoms with van der Waals surface area (Å²) in [5.41, 5.74) is 9.67. The van der Waals surface area contributed by atoms with Crippen molar-refractivity contribution in [3.63, 3.8) is 0 Å². The number of aromatic nitrogens is 7. The van der Waals surface area contributed by atoms with Crippen LogP contribution < -0.4 is 0 Å². The van der Waals surface area contributed by atoms with Crippen molar-refractivity contribution in [2.24, 2.45) is 0 Å². The number of hydrogen-bond acceptors (Lipinski definition) is 7. The molecule has 0 fully saturated rings. The van der Waals surface area contributed by atoms with Crippen LogP contribution in [0.25, 0.3) is 101 Å². The van der Waals surface area contributed by atoms with Crippen LogP contribution in [0.1, 0.15) is 0 Å². The van der Waals surface area contributed by atoms with Gasteiger partial charge in [-0.1, -0.05) is 109 Å². The Bertz CT molecular complexity index is 2810. The lowest BCUT2D eigenvalue weighted by atomic mass is 9.98. The van der Waals surface area contributed by atoms with Crippen molar-refractivity contribution in [2.45, 2.75) is 0 Å². The minimum atomic E-state index is 0.504. The van der Waals surface area contributed by atoms with Crippen LogP contribution in [-0.2, 0) is 0 Å². The van der Waals surface area contributed by atoms with Gasteiger partial charge in [-0.05, 0) is 65.4 Å². The molecule has 5 aromatic heterocycles. The molecule has 10 aromatic rings. The zero-order valence-electron chi connectivity index (χ0n) is 30.0. The highest BCUT2D eigenvalue weighted by Gasteiger charge is 2.17. The van der Waals surface area contributed by atoms with E-state index >= 15 is 0 Å². The number of rotatable bonds is 7. The van der Waals surface area contributed by atoms with Crippen LogP contribution in [-0.4, -0.2) is 34.9 Å². The predicted octanol–water partition coefficient (Wildman–Crippen LogP) is 11.4. The van der Waals surface area contributed by atoms with Crippen LogP contribution in [0.4, 0.5) is 0 Å². The first-order valence-corrected chi connectivity index (χ1v) is 18.4. The zero-order chi connectivity index (χ0) is 37.3. The van der Waals surface area contributed by atoms with E-state index in [4.69, 9.17) is 34.9 Å². The first-order chi connectivity index (χ1) is 27.7. The van der Waals surface area contributed by atoms with Crippen molar-refractivity contribution in [2.75, 3.05) is 0 Å². The van der Waals surface area contributed by atoms with Crippen LogP contribution in [0.3, 0.4) is 0 Å². The highest BCUT2D eigenvalue weighted by molar-refractivity contribution is 5.89. The Morgan fingerprint density at radius 1 is 0.232 bits per heavy atom. The second kappa shape index (κ2) is 14.2. The number of fused-ring (bicyclic) bond motifs is 2. The second-order valence-electron chi connectivity index (χ2n) is 13.5. The van der Waals surface area contributed by atoms with Gasteiger partial charge in [0.2, 0.25) is 0 Å². The standard InChI is InChI=1S/C49H31N7/c1-3-11-32(12-4-1)43-21-19-38(30-50-43)47-54-48(39-20-22-44(51-31-39)33-13-5-2-6-14-33)56-49(55-47)42-24-40(45-26-34-15-7-9-17-36(34)28-52-45)23-41(25-42)46-27-35-16-8-10-18-37(35)29-53-46/h1-31H. The maximum Gasteiger partial charge on any atom is 0.165 e. The van der Waals surface area contributed by atoms with E-state index in [9.17, 15) is 0 Å². The lowest BCUT2D eigenvalue weighted by molar-refractivity contribution is 1.07. The summed E-state index contributed by atoms with van der Waals surface area (Å²) in [5, 5.41) is 4.37. The van der Waals surface area contributed by atoms with Gasteiger partial charge in [-0.15, -0.1) is 0 Å². The molecule has 7 nitrogen and oxygen atoms in total. The molecule has 56 heavy (non-hydrogen) atoms. The smallest absolute Gasteiger partial charge is 0.165 e. The van der Waals surface area contributed by atoms with E-state index in [2.05, 4.69) is 54.6 Å². The molecule has 0 spiro atoms. The Kier molecular flexibility index (Phi) is 8.35. The fraction of sp³-hybridized carbons (Fsp3) is 0. The van der Waals surface area contributed by atoms with Crippen molar-refractivity contribution in [3.05, 3.63) is 189 Å². The molecule has 0 radical (unpaired) electrons. The largest absolute Gasteiger partial charge is 0.256 e. The van der Waals surface area contributed by atoms with Gasteiger partial charge >= 0.3 is 0 Å². The number of pyridine rings is 4. The lowest BCUT2D eigenvalue weighted by Gasteiger charge is -2.13. The molecule has 0 atom stereocenters. The summed E-state index contributed by atoms with van der Waals surface area (Å²) in [6.07, 6.45) is 7.48. The molecular formula is C49H31N7. The first-order valence-electron chi connectivity index (χ1n) is 18.4. The maximum absolute atomic E-state index is 5.11. The van der Waals surface area contributed by atoms with E-state index in [1.54, 1.807) is 0 Å². The molecular weight excluding hydrogens is 687 g/mol. The normalized spacial score (nSPS) is 11.2. The Hall–Kier alpha value is -7.77. The van der Waals surface area contributed by atoms with Crippen molar-refractivity contribution in [1.29, 1.82) is 0 Å². The molecule has 5 heterocycles. The summed E-state index contributed by atoms with van der Waals surface area (Å²) < 4.78 is 0. The van der Waals surface area contributed by atoms with Gasteiger partial charge in [-0.25, -0.2) is 15.0 Å². The molecule has 5 aromatic carbocycles. The third-order valence-corrected chi connectivity index (χ3v) is 9.86. The molecule has 0 bridgehead atoms. The van der Waals surface area contributed by atoms with Crippen LogP contribution in [0.5, 0.6) is 0 Å². The average molecular weight is 718 g/mol. The quantitative estimate of drug-likeness (QED) is 0.162. The molecule has 0 aliphatic heterocycles. The Balaban J connectivity index is 1.15. The van der Waals surface area contributed by atoms with Crippen molar-refractivity contribution in [1.82, 2.24) is 34.9 Å². The minimum absolute atomic E-state index is 0.504. The van der Waals surface area contributed by atoms with Crippen LogP contribution in [0, 0.1) is 0 Å².